The normalized spacial score (nSPS) is 19.4. The summed E-state index contributed by atoms with van der Waals surface area (Å²) in [5.41, 5.74) is 2.41. The Bertz CT molecular complexity index is 1640. The minimum Gasteiger partial charge on any atom is -0.438 e. The first-order valence-corrected chi connectivity index (χ1v) is 12.5. The fraction of sp³-hybridized carbons (Fsp3) is 0. The summed E-state index contributed by atoms with van der Waals surface area (Å²) in [4.78, 5) is 9.59. The smallest absolute Gasteiger partial charge is 0.381 e. The third-order valence-electron chi connectivity index (χ3n) is 7.55. The van der Waals surface area contributed by atoms with Crippen LogP contribution in [0.15, 0.2) is 126 Å². The van der Waals surface area contributed by atoms with Crippen molar-refractivity contribution in [1.82, 2.24) is 28.9 Å². The van der Waals surface area contributed by atoms with Gasteiger partial charge in [-0.25, -0.2) is 4.98 Å². The summed E-state index contributed by atoms with van der Waals surface area (Å²) < 4.78 is 15.6. The van der Waals surface area contributed by atoms with Crippen LogP contribution in [0.1, 0.15) is 5.82 Å². The molecule has 0 N–H and O–H groups in total. The summed E-state index contributed by atoms with van der Waals surface area (Å²) in [5.74, 6) is 9.68. The van der Waals surface area contributed by atoms with E-state index in [0.29, 0.717) is 11.5 Å². The summed E-state index contributed by atoms with van der Waals surface area (Å²) in [6.45, 7) is 0.141. The molecule has 0 unspecified atom stereocenters. The van der Waals surface area contributed by atoms with Crippen LogP contribution < -0.4 is 0 Å². The summed E-state index contributed by atoms with van der Waals surface area (Å²) in [6.07, 6.45) is 25.4. The molecule has 0 spiro atoms. The number of hydrogen-bond acceptors (Lipinski definition) is 7. The van der Waals surface area contributed by atoms with Crippen LogP contribution in [0.4, 0.5) is 0 Å². The lowest BCUT2D eigenvalue weighted by Crippen LogP contribution is -2.73. The molecule has 37 heavy (non-hydrogen) atoms. The van der Waals surface area contributed by atoms with Gasteiger partial charge < -0.3 is 23.3 Å². The molecule has 11 heteroatoms. The van der Waals surface area contributed by atoms with Gasteiger partial charge in [-0.05, 0) is 55.2 Å². The van der Waals surface area contributed by atoms with Gasteiger partial charge in [0.25, 0.3) is 0 Å². The van der Waals surface area contributed by atoms with Crippen LogP contribution in [0.2, 0.25) is 0 Å². The molecule has 5 aliphatic heterocycles. The maximum atomic E-state index is 6.06. The molecule has 7 nitrogen and oxygen atoms in total. The van der Waals surface area contributed by atoms with E-state index in [1.54, 1.807) is 0 Å². The number of benzene rings is 1. The highest BCUT2D eigenvalue weighted by atomic mass is 16.3. The third-order valence-corrected chi connectivity index (χ3v) is 7.55. The van der Waals surface area contributed by atoms with Crippen LogP contribution in [0.5, 0.6) is 0 Å². The number of nitrogens with zero attached hydrogens (tertiary/aromatic N) is 6. The first kappa shape index (κ1) is 20.7. The van der Waals surface area contributed by atoms with Crippen molar-refractivity contribution in [3.8, 4) is 0 Å². The van der Waals surface area contributed by atoms with Gasteiger partial charge in [0.15, 0.2) is 5.82 Å². The zero-order valence-corrected chi connectivity index (χ0v) is 19.9. The van der Waals surface area contributed by atoms with Crippen LogP contribution in [-0.4, -0.2) is 56.8 Å². The standard InChI is InChI=1S/C26H20B4N6O/c1-2-10-24-22(9-1)23-20-31-25(32-26(23)37-24)21-11-18-36-29-14-4-7-16-34(29)27-12-3-6-15-33(27)28-13-5-8-17-35(28)30(36)19-21/h1-20H. The Morgan fingerprint density at radius 3 is 1.97 bits per heavy atom. The van der Waals surface area contributed by atoms with Crippen molar-refractivity contribution in [2.75, 3.05) is 0 Å². The molecular weight excluding hydrogens is 456 g/mol. The second kappa shape index (κ2) is 8.00. The predicted octanol–water partition coefficient (Wildman–Crippen LogP) is 3.87. The Hall–Kier alpha value is -4.52. The largest absolute Gasteiger partial charge is 0.438 e. The molecule has 0 bridgehead atoms. The Kier molecular flexibility index (Phi) is 4.46. The van der Waals surface area contributed by atoms with Gasteiger partial charge in [-0.1, -0.05) is 60.3 Å². The van der Waals surface area contributed by atoms with Crippen LogP contribution in [0.25, 0.3) is 27.6 Å². The minimum absolute atomic E-state index is 0.0479. The van der Waals surface area contributed by atoms with Crippen molar-refractivity contribution in [1.29, 1.82) is 0 Å². The fourth-order valence-electron chi connectivity index (χ4n) is 5.84. The third kappa shape index (κ3) is 3.13. The lowest BCUT2D eigenvalue weighted by Gasteiger charge is -2.53. The SMILES string of the molecule is C1=CB2N(C=C1)B1C=CC=CN1B1C=C(c3ncc4c(n3)oc3ccccc34)C=CN1B1C=CC=CN21. The molecule has 8 rings (SSSR count). The average Bonchev–Trinajstić information content (AvgIpc) is 3.34. The van der Waals surface area contributed by atoms with E-state index in [4.69, 9.17) is 14.4 Å². The lowest BCUT2D eigenvalue weighted by molar-refractivity contribution is 0.622. The maximum Gasteiger partial charge on any atom is 0.381 e. The molecule has 5 aliphatic rings. The van der Waals surface area contributed by atoms with Crippen LogP contribution in [-0.2, 0) is 0 Å². The molecule has 0 amide bonds. The molecule has 2 aromatic heterocycles. The Morgan fingerprint density at radius 1 is 0.649 bits per heavy atom. The van der Waals surface area contributed by atoms with Crippen LogP contribution >= 0.6 is 0 Å². The molecule has 7 heterocycles. The van der Waals surface area contributed by atoms with E-state index in [9.17, 15) is 0 Å². The van der Waals surface area contributed by atoms with Gasteiger partial charge in [-0.15, -0.1) is 0 Å². The molecular formula is C26H20B4N6O. The minimum atomic E-state index is -0.0509. The molecule has 1 aromatic carbocycles. The van der Waals surface area contributed by atoms with Crippen molar-refractivity contribution in [2.24, 2.45) is 0 Å². The van der Waals surface area contributed by atoms with Crippen molar-refractivity contribution < 1.29 is 4.42 Å². The molecule has 3 aromatic rings. The van der Waals surface area contributed by atoms with Gasteiger partial charge in [0.2, 0.25) is 5.71 Å². The predicted molar refractivity (Wildman–Crippen MR) is 152 cm³/mol. The summed E-state index contributed by atoms with van der Waals surface area (Å²) in [6, 6.07) is 7.99. The highest BCUT2D eigenvalue weighted by Crippen LogP contribution is 2.32. The number of hydrogen-bond donors (Lipinski definition) is 0. The molecule has 0 radical (unpaired) electrons. The highest BCUT2D eigenvalue weighted by molar-refractivity contribution is 6.92. The van der Waals surface area contributed by atoms with Gasteiger partial charge in [-0.2, -0.15) is 4.98 Å². The van der Waals surface area contributed by atoms with Crippen molar-refractivity contribution in [3.05, 3.63) is 128 Å². The van der Waals surface area contributed by atoms with Crippen molar-refractivity contribution in [3.63, 3.8) is 0 Å². The second-order valence-corrected chi connectivity index (χ2v) is 9.57. The summed E-state index contributed by atoms with van der Waals surface area (Å²) >= 11 is 0. The number of furan rings is 1. The topological polar surface area (TPSA) is 51.9 Å². The average molecular weight is 476 g/mol. The Labute approximate surface area is 216 Å². The van der Waals surface area contributed by atoms with Gasteiger partial charge in [0.05, 0.1) is 5.39 Å². The van der Waals surface area contributed by atoms with Gasteiger partial charge >= 0.3 is 27.9 Å². The first-order valence-electron chi connectivity index (χ1n) is 12.5. The van der Waals surface area contributed by atoms with E-state index in [-0.39, 0.29) is 27.9 Å². The van der Waals surface area contributed by atoms with Crippen LogP contribution in [0, 0.1) is 0 Å². The van der Waals surface area contributed by atoms with Crippen molar-refractivity contribution >= 4 is 55.6 Å². The van der Waals surface area contributed by atoms with E-state index < -0.39 is 0 Å². The number of allylic oxidation sites excluding steroid dienone is 8. The summed E-state index contributed by atoms with van der Waals surface area (Å²) in [5, 5.41) is 1.97. The molecule has 1 saturated heterocycles. The number of aromatic nitrogens is 2. The Morgan fingerprint density at radius 2 is 1.27 bits per heavy atom. The van der Waals surface area contributed by atoms with Crippen LogP contribution in [0.3, 0.4) is 0 Å². The van der Waals surface area contributed by atoms with E-state index in [2.05, 4.69) is 110 Å². The lowest BCUT2D eigenvalue weighted by atomic mass is 9.41. The van der Waals surface area contributed by atoms with Gasteiger partial charge in [0, 0.05) is 17.2 Å². The zero-order chi connectivity index (χ0) is 24.3. The van der Waals surface area contributed by atoms with Crippen molar-refractivity contribution in [2.45, 2.75) is 0 Å². The van der Waals surface area contributed by atoms with Gasteiger partial charge in [-0.3, -0.25) is 0 Å². The molecule has 1 fully saturated rings. The van der Waals surface area contributed by atoms with Gasteiger partial charge in [0.1, 0.15) is 5.58 Å². The van der Waals surface area contributed by atoms with E-state index >= 15 is 0 Å². The summed E-state index contributed by atoms with van der Waals surface area (Å²) in [7, 11) is 0. The molecule has 0 atom stereocenters. The monoisotopic (exact) mass is 476 g/mol. The maximum absolute atomic E-state index is 6.06. The first-order chi connectivity index (χ1) is 18.3. The molecule has 172 valence electrons. The molecule has 0 saturated carbocycles. The quantitative estimate of drug-likeness (QED) is 0.495. The number of fused-ring (bicyclic) bond motifs is 11. The fourth-order valence-corrected chi connectivity index (χ4v) is 5.84. The Balaban J connectivity index is 1.25. The number of rotatable bonds is 1. The number of para-hydroxylation sites is 1. The molecule has 0 aliphatic carbocycles. The van der Waals surface area contributed by atoms with E-state index in [0.717, 1.165) is 21.9 Å². The highest BCUT2D eigenvalue weighted by Gasteiger charge is 2.49. The zero-order valence-electron chi connectivity index (χ0n) is 19.9. The van der Waals surface area contributed by atoms with E-state index in [1.165, 1.54) is 0 Å². The second-order valence-electron chi connectivity index (χ2n) is 9.57. The van der Waals surface area contributed by atoms with E-state index in [1.807, 2.05) is 30.5 Å².